The van der Waals surface area contributed by atoms with Gasteiger partial charge in [-0.05, 0) is 43.5 Å². The lowest BCUT2D eigenvalue weighted by Gasteiger charge is -2.22. The maximum absolute atomic E-state index is 12.8. The standard InChI is InChI=1S/C18H21N3O/c1-3-10-19-15-8-9-16(20-12-15)18(22)21-13(2)11-14-6-4-5-7-17(14)21/h4-9,12-13,19H,3,10-11H2,1-2H3. The number of carbonyl (C=O) groups excluding carboxylic acids is 1. The van der Waals surface area contributed by atoms with E-state index in [0.717, 1.165) is 30.8 Å². The van der Waals surface area contributed by atoms with E-state index in [1.807, 2.05) is 29.2 Å². The first kappa shape index (κ1) is 14.6. The summed E-state index contributed by atoms with van der Waals surface area (Å²) in [7, 11) is 0. The number of pyridine rings is 1. The molecule has 22 heavy (non-hydrogen) atoms. The summed E-state index contributed by atoms with van der Waals surface area (Å²) in [5, 5.41) is 3.27. The van der Waals surface area contributed by atoms with Crippen LogP contribution in [0.15, 0.2) is 42.6 Å². The van der Waals surface area contributed by atoms with Gasteiger partial charge in [0.25, 0.3) is 5.91 Å². The summed E-state index contributed by atoms with van der Waals surface area (Å²) in [5.74, 6) is -0.0282. The van der Waals surface area contributed by atoms with Gasteiger partial charge in [0.1, 0.15) is 5.69 Å². The zero-order chi connectivity index (χ0) is 15.5. The minimum absolute atomic E-state index is 0.0282. The molecule has 0 bridgehead atoms. The molecule has 1 unspecified atom stereocenters. The Bertz CT molecular complexity index is 666. The molecule has 4 heteroatoms. The molecular formula is C18H21N3O. The molecule has 4 nitrogen and oxygen atoms in total. The van der Waals surface area contributed by atoms with Crippen molar-refractivity contribution in [2.45, 2.75) is 32.7 Å². The first-order chi connectivity index (χ1) is 10.7. The molecule has 0 radical (unpaired) electrons. The van der Waals surface area contributed by atoms with Crippen LogP contribution < -0.4 is 10.2 Å². The number of anilines is 2. The highest BCUT2D eigenvalue weighted by molar-refractivity contribution is 6.06. The molecule has 1 N–H and O–H groups in total. The Morgan fingerprint density at radius 2 is 2.14 bits per heavy atom. The number of nitrogens with one attached hydrogen (secondary N) is 1. The van der Waals surface area contributed by atoms with Crippen molar-refractivity contribution in [2.24, 2.45) is 0 Å². The number of hydrogen-bond donors (Lipinski definition) is 1. The summed E-state index contributed by atoms with van der Waals surface area (Å²) >= 11 is 0. The van der Waals surface area contributed by atoms with Gasteiger partial charge in [0.05, 0.1) is 11.9 Å². The van der Waals surface area contributed by atoms with E-state index in [2.05, 4.69) is 30.2 Å². The fourth-order valence-electron chi connectivity index (χ4n) is 2.89. The SMILES string of the molecule is CCCNc1ccc(C(=O)N2c3ccccc3CC2C)nc1. The maximum atomic E-state index is 12.8. The average molecular weight is 295 g/mol. The quantitative estimate of drug-likeness (QED) is 0.939. The molecule has 1 atom stereocenters. The van der Waals surface area contributed by atoms with E-state index in [-0.39, 0.29) is 11.9 Å². The maximum Gasteiger partial charge on any atom is 0.277 e. The smallest absolute Gasteiger partial charge is 0.277 e. The molecule has 1 aromatic carbocycles. The van der Waals surface area contributed by atoms with Gasteiger partial charge < -0.3 is 10.2 Å². The Balaban J connectivity index is 1.82. The summed E-state index contributed by atoms with van der Waals surface area (Å²) in [4.78, 5) is 19.0. The zero-order valence-corrected chi connectivity index (χ0v) is 13.0. The first-order valence-electron chi connectivity index (χ1n) is 7.82. The van der Waals surface area contributed by atoms with Gasteiger partial charge >= 0.3 is 0 Å². The predicted molar refractivity (Wildman–Crippen MR) is 89.4 cm³/mol. The van der Waals surface area contributed by atoms with Crippen LogP contribution in [0.5, 0.6) is 0 Å². The summed E-state index contributed by atoms with van der Waals surface area (Å²) in [6.07, 6.45) is 3.69. The minimum atomic E-state index is -0.0282. The third-order valence-electron chi connectivity index (χ3n) is 3.99. The second-order valence-corrected chi connectivity index (χ2v) is 5.72. The van der Waals surface area contributed by atoms with Crippen molar-refractivity contribution >= 4 is 17.3 Å². The summed E-state index contributed by atoms with van der Waals surface area (Å²) in [6, 6.07) is 12.0. The number of amides is 1. The molecule has 3 rings (SSSR count). The van der Waals surface area contributed by atoms with Gasteiger partial charge in [-0.25, -0.2) is 4.98 Å². The lowest BCUT2D eigenvalue weighted by molar-refractivity contribution is 0.0976. The van der Waals surface area contributed by atoms with E-state index < -0.39 is 0 Å². The molecule has 2 aromatic rings. The van der Waals surface area contributed by atoms with E-state index >= 15 is 0 Å². The molecule has 1 aromatic heterocycles. The molecular weight excluding hydrogens is 274 g/mol. The van der Waals surface area contributed by atoms with Crippen molar-refractivity contribution in [3.05, 3.63) is 53.9 Å². The molecule has 1 aliphatic heterocycles. The molecule has 1 aliphatic rings. The molecule has 0 fully saturated rings. The number of benzene rings is 1. The summed E-state index contributed by atoms with van der Waals surface area (Å²) in [6.45, 7) is 5.10. The third kappa shape index (κ3) is 2.69. The van der Waals surface area contributed by atoms with Crippen LogP contribution in [-0.2, 0) is 6.42 Å². The van der Waals surface area contributed by atoms with Crippen molar-refractivity contribution in [3.8, 4) is 0 Å². The van der Waals surface area contributed by atoms with E-state index in [4.69, 9.17) is 0 Å². The Labute approximate surface area is 131 Å². The van der Waals surface area contributed by atoms with Crippen LogP contribution in [0.4, 0.5) is 11.4 Å². The number of para-hydroxylation sites is 1. The fourth-order valence-corrected chi connectivity index (χ4v) is 2.89. The largest absolute Gasteiger partial charge is 0.384 e. The van der Waals surface area contributed by atoms with Crippen LogP contribution in [0.1, 0.15) is 36.3 Å². The monoisotopic (exact) mass is 295 g/mol. The molecule has 0 saturated heterocycles. The van der Waals surface area contributed by atoms with E-state index in [1.165, 1.54) is 5.56 Å². The van der Waals surface area contributed by atoms with E-state index in [0.29, 0.717) is 5.69 Å². The number of rotatable bonds is 4. The Morgan fingerprint density at radius 1 is 1.32 bits per heavy atom. The van der Waals surface area contributed by atoms with Crippen LogP contribution in [0.25, 0.3) is 0 Å². The second kappa shape index (κ2) is 6.18. The number of hydrogen-bond acceptors (Lipinski definition) is 3. The topological polar surface area (TPSA) is 45.2 Å². The lowest BCUT2D eigenvalue weighted by Crippen LogP contribution is -2.36. The highest BCUT2D eigenvalue weighted by Crippen LogP contribution is 2.32. The zero-order valence-electron chi connectivity index (χ0n) is 13.0. The van der Waals surface area contributed by atoms with Gasteiger partial charge in [-0.15, -0.1) is 0 Å². The second-order valence-electron chi connectivity index (χ2n) is 5.72. The lowest BCUT2D eigenvalue weighted by atomic mass is 10.1. The fraction of sp³-hybridized carbons (Fsp3) is 0.333. The highest BCUT2D eigenvalue weighted by atomic mass is 16.2. The van der Waals surface area contributed by atoms with E-state index in [9.17, 15) is 4.79 Å². The Hall–Kier alpha value is -2.36. The third-order valence-corrected chi connectivity index (χ3v) is 3.99. The highest BCUT2D eigenvalue weighted by Gasteiger charge is 2.31. The van der Waals surface area contributed by atoms with Gasteiger partial charge in [-0.3, -0.25) is 4.79 Å². The average Bonchev–Trinajstić information content (AvgIpc) is 2.88. The van der Waals surface area contributed by atoms with Gasteiger partial charge in [-0.1, -0.05) is 25.1 Å². The van der Waals surface area contributed by atoms with Crippen molar-refractivity contribution in [1.29, 1.82) is 0 Å². The molecule has 0 spiro atoms. The number of nitrogens with zero attached hydrogens (tertiary/aromatic N) is 2. The van der Waals surface area contributed by atoms with Crippen LogP contribution in [0.3, 0.4) is 0 Å². The van der Waals surface area contributed by atoms with Crippen LogP contribution in [0.2, 0.25) is 0 Å². The van der Waals surface area contributed by atoms with Crippen molar-refractivity contribution in [2.75, 3.05) is 16.8 Å². The number of fused-ring (bicyclic) bond motifs is 1. The van der Waals surface area contributed by atoms with Crippen LogP contribution in [-0.4, -0.2) is 23.5 Å². The van der Waals surface area contributed by atoms with E-state index in [1.54, 1.807) is 12.3 Å². The van der Waals surface area contributed by atoms with Crippen molar-refractivity contribution < 1.29 is 4.79 Å². The summed E-state index contributed by atoms with van der Waals surface area (Å²) in [5.41, 5.74) is 3.68. The molecule has 0 saturated carbocycles. The van der Waals surface area contributed by atoms with Crippen LogP contribution >= 0.6 is 0 Å². The van der Waals surface area contributed by atoms with Crippen molar-refractivity contribution in [1.82, 2.24) is 4.98 Å². The van der Waals surface area contributed by atoms with Gasteiger partial charge in [0, 0.05) is 18.3 Å². The normalized spacial score (nSPS) is 16.5. The first-order valence-corrected chi connectivity index (χ1v) is 7.82. The minimum Gasteiger partial charge on any atom is -0.384 e. The van der Waals surface area contributed by atoms with Gasteiger partial charge in [0.15, 0.2) is 0 Å². The Morgan fingerprint density at radius 3 is 2.86 bits per heavy atom. The Kier molecular flexibility index (Phi) is 4.09. The predicted octanol–water partition coefficient (Wildman–Crippen LogP) is 3.49. The van der Waals surface area contributed by atoms with Gasteiger partial charge in [0.2, 0.25) is 0 Å². The van der Waals surface area contributed by atoms with Crippen molar-refractivity contribution in [3.63, 3.8) is 0 Å². The molecule has 114 valence electrons. The van der Waals surface area contributed by atoms with Gasteiger partial charge in [-0.2, -0.15) is 0 Å². The number of carbonyl (C=O) groups is 1. The number of aromatic nitrogens is 1. The summed E-state index contributed by atoms with van der Waals surface area (Å²) < 4.78 is 0. The molecule has 0 aliphatic carbocycles. The van der Waals surface area contributed by atoms with Crippen LogP contribution in [0, 0.1) is 0 Å². The molecule has 2 heterocycles. The molecule has 1 amide bonds.